The molecule has 1 aromatic heterocycles. The summed E-state index contributed by atoms with van der Waals surface area (Å²) in [5.74, 6) is 1.64. The van der Waals surface area contributed by atoms with E-state index in [1.165, 1.54) is 5.56 Å². The van der Waals surface area contributed by atoms with Gasteiger partial charge in [0.1, 0.15) is 5.75 Å². The van der Waals surface area contributed by atoms with Gasteiger partial charge in [0, 0.05) is 17.8 Å². The second kappa shape index (κ2) is 4.97. The maximum absolute atomic E-state index is 5.17. The zero-order chi connectivity index (χ0) is 13.2. The van der Waals surface area contributed by atoms with Gasteiger partial charge in [-0.15, -0.1) is 0 Å². The number of methoxy groups -OCH3 is 1. The number of aromatic nitrogens is 2. The van der Waals surface area contributed by atoms with Crippen LogP contribution >= 0.6 is 0 Å². The topological polar surface area (TPSA) is 47.0 Å². The first-order chi connectivity index (χ1) is 9.28. The Morgan fingerprint density at radius 3 is 2.68 bits per heavy atom. The monoisotopic (exact) mass is 255 g/mol. The molecule has 1 N–H and O–H groups in total. The molecule has 1 aliphatic heterocycles. The third kappa shape index (κ3) is 2.31. The van der Waals surface area contributed by atoms with Crippen LogP contribution in [0.15, 0.2) is 24.3 Å². The summed E-state index contributed by atoms with van der Waals surface area (Å²) < 4.78 is 5.17. The van der Waals surface area contributed by atoms with Crippen molar-refractivity contribution in [2.75, 3.05) is 13.7 Å². The molecule has 3 rings (SSSR count). The number of ether oxygens (including phenoxy) is 1. The van der Waals surface area contributed by atoms with E-state index < -0.39 is 0 Å². The Hall–Kier alpha value is -1.94. The molecule has 0 saturated carbocycles. The third-order valence-corrected chi connectivity index (χ3v) is 3.49. The van der Waals surface area contributed by atoms with E-state index in [4.69, 9.17) is 4.74 Å². The van der Waals surface area contributed by atoms with Crippen LogP contribution < -0.4 is 10.1 Å². The van der Waals surface area contributed by atoms with E-state index in [1.54, 1.807) is 7.11 Å². The van der Waals surface area contributed by atoms with Crippen molar-refractivity contribution in [1.82, 2.24) is 15.3 Å². The highest BCUT2D eigenvalue weighted by Gasteiger charge is 2.15. The summed E-state index contributed by atoms with van der Waals surface area (Å²) in [6, 6.07) is 7.87. The number of aryl methyl sites for hydroxylation is 1. The van der Waals surface area contributed by atoms with E-state index in [0.717, 1.165) is 48.0 Å². The van der Waals surface area contributed by atoms with Gasteiger partial charge >= 0.3 is 0 Å². The van der Waals surface area contributed by atoms with Crippen LogP contribution in [0.5, 0.6) is 5.75 Å². The maximum atomic E-state index is 5.17. The van der Waals surface area contributed by atoms with Crippen molar-refractivity contribution in [2.24, 2.45) is 0 Å². The van der Waals surface area contributed by atoms with Crippen molar-refractivity contribution in [3.05, 3.63) is 41.2 Å². The summed E-state index contributed by atoms with van der Waals surface area (Å²) in [5.41, 5.74) is 4.55. The lowest BCUT2D eigenvalue weighted by Crippen LogP contribution is -2.26. The molecule has 0 bridgehead atoms. The minimum Gasteiger partial charge on any atom is -0.497 e. The molecule has 19 heavy (non-hydrogen) atoms. The summed E-state index contributed by atoms with van der Waals surface area (Å²) in [6.45, 7) is 3.92. The van der Waals surface area contributed by atoms with E-state index in [0.29, 0.717) is 0 Å². The van der Waals surface area contributed by atoms with Crippen LogP contribution in [0, 0.1) is 6.92 Å². The number of rotatable bonds is 2. The molecule has 4 heteroatoms. The predicted octanol–water partition coefficient (Wildman–Crippen LogP) is 2.11. The zero-order valence-electron chi connectivity index (χ0n) is 11.2. The summed E-state index contributed by atoms with van der Waals surface area (Å²) in [7, 11) is 1.67. The molecule has 1 aliphatic rings. The van der Waals surface area contributed by atoms with Crippen LogP contribution in [0.2, 0.25) is 0 Å². The Balaban J connectivity index is 2.02. The fourth-order valence-corrected chi connectivity index (χ4v) is 2.42. The molecule has 0 unspecified atom stereocenters. The van der Waals surface area contributed by atoms with Crippen LogP contribution in [-0.2, 0) is 13.0 Å². The summed E-state index contributed by atoms with van der Waals surface area (Å²) in [6.07, 6.45) is 1.02. The van der Waals surface area contributed by atoms with Crippen molar-refractivity contribution < 1.29 is 4.74 Å². The number of fused-ring (bicyclic) bond motifs is 1. The lowest BCUT2D eigenvalue weighted by molar-refractivity contribution is 0.415. The van der Waals surface area contributed by atoms with Crippen LogP contribution in [0.4, 0.5) is 0 Å². The smallest absolute Gasteiger partial charge is 0.159 e. The fourth-order valence-electron chi connectivity index (χ4n) is 2.42. The minimum atomic E-state index is 0.794. The Morgan fingerprint density at radius 2 is 1.95 bits per heavy atom. The molecule has 0 saturated heterocycles. The molecule has 98 valence electrons. The van der Waals surface area contributed by atoms with Crippen LogP contribution in [0.1, 0.15) is 17.0 Å². The molecule has 0 atom stereocenters. The van der Waals surface area contributed by atoms with Crippen LogP contribution in [-0.4, -0.2) is 23.6 Å². The van der Waals surface area contributed by atoms with Gasteiger partial charge in [-0.25, -0.2) is 9.97 Å². The van der Waals surface area contributed by atoms with Crippen molar-refractivity contribution in [1.29, 1.82) is 0 Å². The largest absolute Gasteiger partial charge is 0.497 e. The summed E-state index contributed by atoms with van der Waals surface area (Å²) >= 11 is 0. The molecule has 2 aromatic rings. The van der Waals surface area contributed by atoms with E-state index in [2.05, 4.69) is 22.2 Å². The predicted molar refractivity (Wildman–Crippen MR) is 74.2 cm³/mol. The number of hydrogen-bond acceptors (Lipinski definition) is 4. The quantitative estimate of drug-likeness (QED) is 0.892. The molecule has 1 aromatic carbocycles. The molecule has 0 radical (unpaired) electrons. The number of benzene rings is 1. The second-order valence-corrected chi connectivity index (χ2v) is 4.71. The van der Waals surface area contributed by atoms with Crippen molar-refractivity contribution in [2.45, 2.75) is 19.9 Å². The molecule has 0 fully saturated rings. The van der Waals surface area contributed by atoms with Crippen LogP contribution in [0.3, 0.4) is 0 Å². The number of nitrogens with zero attached hydrogens (tertiary/aromatic N) is 2. The standard InChI is InChI=1S/C15H17N3O/c1-10-13-7-8-16-9-14(13)18-15(17-10)11-3-5-12(19-2)6-4-11/h3-6,16H,7-9H2,1-2H3. The van der Waals surface area contributed by atoms with Gasteiger partial charge in [-0.1, -0.05) is 0 Å². The Labute approximate surface area is 112 Å². The van der Waals surface area contributed by atoms with E-state index in [9.17, 15) is 0 Å². The molecule has 4 nitrogen and oxygen atoms in total. The van der Waals surface area contributed by atoms with Gasteiger partial charge in [-0.3, -0.25) is 0 Å². The maximum Gasteiger partial charge on any atom is 0.159 e. The van der Waals surface area contributed by atoms with E-state index in [-0.39, 0.29) is 0 Å². The number of nitrogens with one attached hydrogen (secondary N) is 1. The van der Waals surface area contributed by atoms with Crippen LogP contribution in [0.25, 0.3) is 11.4 Å². The first-order valence-corrected chi connectivity index (χ1v) is 6.49. The average molecular weight is 255 g/mol. The SMILES string of the molecule is COc1ccc(-c2nc(C)c3c(n2)CNCC3)cc1. The van der Waals surface area contributed by atoms with E-state index >= 15 is 0 Å². The van der Waals surface area contributed by atoms with Gasteiger partial charge < -0.3 is 10.1 Å². The molecular weight excluding hydrogens is 238 g/mol. The lowest BCUT2D eigenvalue weighted by Gasteiger charge is -2.18. The lowest BCUT2D eigenvalue weighted by atomic mass is 10.0. The highest BCUT2D eigenvalue weighted by molar-refractivity contribution is 5.57. The number of hydrogen-bond donors (Lipinski definition) is 1. The average Bonchev–Trinajstić information content (AvgIpc) is 2.47. The van der Waals surface area contributed by atoms with Crippen molar-refractivity contribution in [3.8, 4) is 17.1 Å². The molecular formula is C15H17N3O. The Morgan fingerprint density at radius 1 is 1.16 bits per heavy atom. The highest BCUT2D eigenvalue weighted by Crippen LogP contribution is 2.23. The highest BCUT2D eigenvalue weighted by atomic mass is 16.5. The first kappa shape index (κ1) is 12.1. The Kier molecular flexibility index (Phi) is 3.17. The summed E-state index contributed by atoms with van der Waals surface area (Å²) in [5, 5.41) is 3.35. The van der Waals surface area contributed by atoms with Gasteiger partial charge in [0.25, 0.3) is 0 Å². The normalized spacial score (nSPS) is 14.0. The van der Waals surface area contributed by atoms with Gasteiger partial charge in [-0.2, -0.15) is 0 Å². The summed E-state index contributed by atoms with van der Waals surface area (Å²) in [4.78, 5) is 9.32. The Bertz CT molecular complexity index is 593. The molecule has 2 heterocycles. The fraction of sp³-hybridized carbons (Fsp3) is 0.333. The second-order valence-electron chi connectivity index (χ2n) is 4.71. The zero-order valence-corrected chi connectivity index (χ0v) is 11.2. The van der Waals surface area contributed by atoms with Gasteiger partial charge in [-0.05, 0) is 49.7 Å². The first-order valence-electron chi connectivity index (χ1n) is 6.49. The molecule has 0 aliphatic carbocycles. The van der Waals surface area contributed by atoms with Crippen molar-refractivity contribution >= 4 is 0 Å². The molecule has 0 spiro atoms. The van der Waals surface area contributed by atoms with Gasteiger partial charge in [0.05, 0.1) is 12.8 Å². The minimum absolute atomic E-state index is 0.794. The van der Waals surface area contributed by atoms with Gasteiger partial charge in [0.2, 0.25) is 0 Å². The van der Waals surface area contributed by atoms with E-state index in [1.807, 2.05) is 24.3 Å². The third-order valence-electron chi connectivity index (χ3n) is 3.49. The molecule has 0 amide bonds. The van der Waals surface area contributed by atoms with Gasteiger partial charge in [0.15, 0.2) is 5.82 Å². The van der Waals surface area contributed by atoms with Crippen molar-refractivity contribution in [3.63, 3.8) is 0 Å².